The van der Waals surface area contributed by atoms with Crippen molar-refractivity contribution in [3.8, 4) is 0 Å². The molecule has 0 saturated heterocycles. The maximum atomic E-state index is 11.5. The summed E-state index contributed by atoms with van der Waals surface area (Å²) in [6.07, 6.45) is 1.82. The van der Waals surface area contributed by atoms with Crippen molar-refractivity contribution in [3.63, 3.8) is 0 Å². The minimum atomic E-state index is -0.622. The average Bonchev–Trinajstić information content (AvgIpc) is 2.24. The lowest BCUT2D eigenvalue weighted by Gasteiger charge is -2.04. The Morgan fingerprint density at radius 2 is 2.00 bits per heavy atom. The van der Waals surface area contributed by atoms with Crippen molar-refractivity contribution in [1.29, 1.82) is 0 Å². The molecule has 2 heterocycles. The summed E-state index contributed by atoms with van der Waals surface area (Å²) >= 11 is 13.0. The molecule has 0 saturated carbocycles. The van der Waals surface area contributed by atoms with Gasteiger partial charge in [0, 0.05) is 5.56 Å². The summed E-state index contributed by atoms with van der Waals surface area (Å²) in [6, 6.07) is 0. The number of hydrogen-bond acceptors (Lipinski definition) is 5. The molecule has 16 heavy (non-hydrogen) atoms. The number of fused-ring (bicyclic) bond motifs is 1. The Kier molecular flexibility index (Phi) is 3.10. The molecule has 2 aromatic heterocycles. The van der Waals surface area contributed by atoms with Crippen molar-refractivity contribution in [3.05, 3.63) is 26.4 Å². The van der Waals surface area contributed by atoms with E-state index < -0.39 is 5.63 Å². The largest absolute Gasteiger partial charge is 0.410 e. The van der Waals surface area contributed by atoms with Crippen molar-refractivity contribution < 1.29 is 4.42 Å². The van der Waals surface area contributed by atoms with E-state index in [1.807, 2.05) is 6.26 Å². The molecule has 2 rings (SSSR count). The Hall–Kier alpha value is -0.780. The first-order valence-corrected chi connectivity index (χ1v) is 6.23. The summed E-state index contributed by atoms with van der Waals surface area (Å²) in [5.41, 5.74) is 0.393. The monoisotopic (exact) mass is 276 g/mol. The van der Waals surface area contributed by atoms with E-state index in [2.05, 4.69) is 9.97 Å². The van der Waals surface area contributed by atoms with Crippen LogP contribution in [0, 0.1) is 6.92 Å². The summed E-state index contributed by atoms with van der Waals surface area (Å²) < 4.78 is 4.81. The van der Waals surface area contributed by atoms with Crippen LogP contribution in [0.3, 0.4) is 0 Å². The first-order chi connectivity index (χ1) is 7.54. The van der Waals surface area contributed by atoms with E-state index in [1.165, 1.54) is 11.8 Å². The molecule has 2 aromatic rings. The Bertz CT molecular complexity index is 627. The van der Waals surface area contributed by atoms with Gasteiger partial charge in [0.15, 0.2) is 5.16 Å². The Labute approximate surface area is 105 Å². The summed E-state index contributed by atoms with van der Waals surface area (Å²) in [7, 11) is 0. The van der Waals surface area contributed by atoms with E-state index in [9.17, 15) is 4.79 Å². The Balaban J connectivity index is 3.00. The molecular formula is C9H6Cl2N2O2S. The average molecular weight is 277 g/mol. The predicted octanol–water partition coefficient (Wildman–Crippen LogP) is 2.92. The third-order valence-corrected chi connectivity index (χ3v) is 3.25. The van der Waals surface area contributed by atoms with Crippen LogP contribution >= 0.6 is 35.0 Å². The first-order valence-electron chi connectivity index (χ1n) is 4.25. The van der Waals surface area contributed by atoms with Gasteiger partial charge in [0.1, 0.15) is 10.5 Å². The van der Waals surface area contributed by atoms with Gasteiger partial charge in [-0.1, -0.05) is 23.4 Å². The van der Waals surface area contributed by atoms with Gasteiger partial charge in [0.25, 0.3) is 0 Å². The van der Waals surface area contributed by atoms with Gasteiger partial charge in [-0.25, -0.2) is 14.8 Å². The highest BCUT2D eigenvalue weighted by atomic mass is 35.5. The highest BCUT2D eigenvalue weighted by Gasteiger charge is 2.15. The molecule has 0 N–H and O–H groups in total. The van der Waals surface area contributed by atoms with Crippen LogP contribution in [0.25, 0.3) is 10.9 Å². The van der Waals surface area contributed by atoms with Crippen LogP contribution in [0.5, 0.6) is 0 Å². The second kappa shape index (κ2) is 4.24. The quantitative estimate of drug-likeness (QED) is 0.455. The van der Waals surface area contributed by atoms with Gasteiger partial charge in [-0.2, -0.15) is 0 Å². The fourth-order valence-corrected chi connectivity index (χ4v) is 2.08. The molecule has 0 aliphatic rings. The van der Waals surface area contributed by atoms with Gasteiger partial charge < -0.3 is 4.42 Å². The molecule has 0 amide bonds. The van der Waals surface area contributed by atoms with Crippen LogP contribution in [0.1, 0.15) is 5.56 Å². The minimum Gasteiger partial charge on any atom is -0.410 e. The summed E-state index contributed by atoms with van der Waals surface area (Å²) in [5, 5.41) is 0.769. The number of aryl methyl sites for hydroxylation is 1. The second-order valence-corrected chi connectivity index (χ2v) is 4.49. The predicted molar refractivity (Wildman–Crippen MR) is 64.6 cm³/mol. The van der Waals surface area contributed by atoms with Crippen LogP contribution < -0.4 is 5.63 Å². The van der Waals surface area contributed by atoms with Gasteiger partial charge in [0.05, 0.1) is 5.52 Å². The number of thioether (sulfide) groups is 1. The summed E-state index contributed by atoms with van der Waals surface area (Å²) in [6.45, 7) is 1.71. The van der Waals surface area contributed by atoms with Gasteiger partial charge in [0.2, 0.25) is 5.22 Å². The molecule has 0 unspecified atom stereocenters. The highest BCUT2D eigenvalue weighted by molar-refractivity contribution is 7.98. The molecule has 4 nitrogen and oxygen atoms in total. The molecule has 0 atom stereocenters. The van der Waals surface area contributed by atoms with E-state index in [4.69, 9.17) is 27.6 Å². The molecular weight excluding hydrogens is 271 g/mol. The smallest absolute Gasteiger partial charge is 0.349 e. The lowest BCUT2D eigenvalue weighted by Crippen LogP contribution is -2.05. The van der Waals surface area contributed by atoms with Gasteiger partial charge >= 0.3 is 5.63 Å². The number of nitrogens with zero attached hydrogens (tertiary/aromatic N) is 2. The Morgan fingerprint density at radius 3 is 2.62 bits per heavy atom. The van der Waals surface area contributed by atoms with Gasteiger partial charge in [-0.3, -0.25) is 0 Å². The van der Waals surface area contributed by atoms with E-state index in [-0.39, 0.29) is 15.8 Å². The lowest BCUT2D eigenvalue weighted by molar-refractivity contribution is 0.517. The highest BCUT2D eigenvalue weighted by Crippen LogP contribution is 2.26. The number of rotatable bonds is 1. The van der Waals surface area contributed by atoms with Crippen LogP contribution in [0.2, 0.25) is 10.4 Å². The van der Waals surface area contributed by atoms with Crippen LogP contribution in [0.4, 0.5) is 0 Å². The van der Waals surface area contributed by atoms with Crippen LogP contribution in [-0.4, -0.2) is 16.2 Å². The summed E-state index contributed by atoms with van der Waals surface area (Å²) in [4.78, 5) is 19.7. The molecule has 0 fully saturated rings. The van der Waals surface area contributed by atoms with Crippen molar-refractivity contribution in [2.75, 3.05) is 6.26 Å². The minimum absolute atomic E-state index is 0.0271. The molecule has 0 aromatic carbocycles. The van der Waals surface area contributed by atoms with E-state index in [1.54, 1.807) is 6.92 Å². The SMILES string of the molecule is CSc1nc(Cl)c2c(=O)oc(Cl)c(C)c2n1. The standard InChI is InChI=1S/C9H6Cl2N2O2S/c1-3-5-4(8(14)15-7(3)11)6(10)13-9(12-5)16-2/h1-2H3. The van der Waals surface area contributed by atoms with Crippen LogP contribution in [-0.2, 0) is 0 Å². The first kappa shape index (κ1) is 11.7. The molecule has 0 aliphatic heterocycles. The Morgan fingerprint density at radius 1 is 1.31 bits per heavy atom. The fourth-order valence-electron chi connectivity index (χ4n) is 1.26. The number of aromatic nitrogens is 2. The molecule has 84 valence electrons. The van der Waals surface area contributed by atoms with Gasteiger partial charge in [-0.15, -0.1) is 0 Å². The summed E-state index contributed by atoms with van der Waals surface area (Å²) in [5.74, 6) is 0. The van der Waals surface area contributed by atoms with Gasteiger partial charge in [-0.05, 0) is 24.8 Å². The lowest BCUT2D eigenvalue weighted by atomic mass is 10.2. The molecule has 0 spiro atoms. The normalized spacial score (nSPS) is 11.0. The van der Waals surface area contributed by atoms with E-state index in [0.717, 1.165) is 0 Å². The van der Waals surface area contributed by atoms with Crippen LogP contribution in [0.15, 0.2) is 14.4 Å². The topological polar surface area (TPSA) is 56.0 Å². The van der Waals surface area contributed by atoms with Crippen molar-refractivity contribution in [2.24, 2.45) is 0 Å². The fraction of sp³-hybridized carbons (Fsp3) is 0.222. The molecule has 0 bridgehead atoms. The van der Waals surface area contributed by atoms with Crippen molar-refractivity contribution in [1.82, 2.24) is 9.97 Å². The molecule has 7 heteroatoms. The maximum absolute atomic E-state index is 11.5. The zero-order chi connectivity index (χ0) is 11.9. The third-order valence-electron chi connectivity index (χ3n) is 2.06. The molecule has 0 aliphatic carbocycles. The van der Waals surface area contributed by atoms with Crippen molar-refractivity contribution >= 4 is 45.9 Å². The third kappa shape index (κ3) is 1.79. The van der Waals surface area contributed by atoms with E-state index in [0.29, 0.717) is 16.2 Å². The maximum Gasteiger partial charge on any atom is 0.349 e. The van der Waals surface area contributed by atoms with Crippen molar-refractivity contribution in [2.45, 2.75) is 12.1 Å². The zero-order valence-electron chi connectivity index (χ0n) is 8.38. The van der Waals surface area contributed by atoms with E-state index >= 15 is 0 Å². The number of halogens is 2. The second-order valence-electron chi connectivity index (χ2n) is 3.01. The zero-order valence-corrected chi connectivity index (χ0v) is 10.7. The number of hydrogen-bond donors (Lipinski definition) is 0. The molecule has 0 radical (unpaired) electrons.